The molecule has 2 rings (SSSR count). The predicted octanol–water partition coefficient (Wildman–Crippen LogP) is 4.38. The first-order valence-electron chi connectivity index (χ1n) is 3.65. The third-order valence-corrected chi connectivity index (χ3v) is 4.42. The number of hydrogen-bond donors (Lipinski definition) is 0. The van der Waals surface area contributed by atoms with Crippen LogP contribution in [-0.4, -0.2) is 0 Å². The van der Waals surface area contributed by atoms with Gasteiger partial charge in [0.25, 0.3) is 0 Å². The Kier molecular flexibility index (Phi) is 2.76. The van der Waals surface area contributed by atoms with E-state index in [1.54, 1.807) is 23.5 Å². The first-order chi connectivity index (χ1) is 6.22. The molecule has 13 heavy (non-hydrogen) atoms. The van der Waals surface area contributed by atoms with Gasteiger partial charge in [0, 0.05) is 16.0 Å². The summed E-state index contributed by atoms with van der Waals surface area (Å²) in [5.41, 5.74) is 1.04. The minimum Gasteiger partial charge on any atom is -0.207 e. The van der Waals surface area contributed by atoms with E-state index in [4.69, 9.17) is 11.6 Å². The van der Waals surface area contributed by atoms with E-state index in [-0.39, 0.29) is 5.82 Å². The maximum absolute atomic E-state index is 12.9. The Labute approximate surface area is 97.8 Å². The standard InChI is InChI=1S/C9H5ClFIS/c10-4-7-6-3-5(11)1-2-8(6)13-9(7)12/h1-3H,4H2. The Balaban J connectivity index is 2.80. The van der Waals surface area contributed by atoms with Crippen LogP contribution in [0.25, 0.3) is 10.1 Å². The van der Waals surface area contributed by atoms with Crippen molar-refractivity contribution in [3.05, 3.63) is 32.5 Å². The second-order valence-electron chi connectivity index (χ2n) is 2.63. The van der Waals surface area contributed by atoms with Crippen molar-refractivity contribution in [3.8, 4) is 0 Å². The van der Waals surface area contributed by atoms with Crippen LogP contribution < -0.4 is 0 Å². The SMILES string of the molecule is Fc1ccc2sc(I)c(CCl)c2c1. The predicted molar refractivity (Wildman–Crippen MR) is 64.1 cm³/mol. The molecule has 1 aromatic heterocycles. The number of rotatable bonds is 1. The average Bonchev–Trinajstić information content (AvgIpc) is 2.40. The fourth-order valence-electron chi connectivity index (χ4n) is 1.22. The molecule has 0 saturated carbocycles. The monoisotopic (exact) mass is 326 g/mol. The minimum absolute atomic E-state index is 0.201. The molecular weight excluding hydrogens is 322 g/mol. The molecule has 0 bridgehead atoms. The molecule has 0 fully saturated rings. The van der Waals surface area contributed by atoms with Gasteiger partial charge >= 0.3 is 0 Å². The Hall–Kier alpha value is 0.130. The van der Waals surface area contributed by atoms with Crippen LogP contribution in [0.5, 0.6) is 0 Å². The van der Waals surface area contributed by atoms with Crippen molar-refractivity contribution in [2.45, 2.75) is 5.88 Å². The van der Waals surface area contributed by atoms with Crippen molar-refractivity contribution in [1.82, 2.24) is 0 Å². The molecular formula is C9H5ClFIS. The normalized spacial score (nSPS) is 11.0. The van der Waals surface area contributed by atoms with Gasteiger partial charge in [-0.1, -0.05) is 0 Å². The molecule has 68 valence electrons. The van der Waals surface area contributed by atoms with E-state index in [1.807, 2.05) is 0 Å². The van der Waals surface area contributed by atoms with Crippen LogP contribution in [0, 0.1) is 8.70 Å². The fourth-order valence-corrected chi connectivity index (χ4v) is 3.92. The van der Waals surface area contributed by atoms with Crippen LogP contribution in [0.3, 0.4) is 0 Å². The third-order valence-electron chi connectivity index (χ3n) is 1.84. The smallest absolute Gasteiger partial charge is 0.123 e. The van der Waals surface area contributed by atoms with Crippen molar-refractivity contribution >= 4 is 55.6 Å². The summed E-state index contributed by atoms with van der Waals surface area (Å²) in [5.74, 6) is 0.245. The summed E-state index contributed by atoms with van der Waals surface area (Å²) in [7, 11) is 0. The number of thiophene rings is 1. The van der Waals surface area contributed by atoms with Gasteiger partial charge in [-0.3, -0.25) is 0 Å². The van der Waals surface area contributed by atoms with Gasteiger partial charge in [-0.2, -0.15) is 0 Å². The lowest BCUT2D eigenvalue weighted by Crippen LogP contribution is -1.78. The van der Waals surface area contributed by atoms with E-state index in [0.717, 1.165) is 18.5 Å². The summed E-state index contributed by atoms with van der Waals surface area (Å²) in [6.45, 7) is 0. The number of fused-ring (bicyclic) bond motifs is 1. The second kappa shape index (κ2) is 3.71. The number of hydrogen-bond acceptors (Lipinski definition) is 1. The summed E-state index contributed by atoms with van der Waals surface area (Å²) in [6.07, 6.45) is 0. The van der Waals surface area contributed by atoms with Crippen molar-refractivity contribution < 1.29 is 4.39 Å². The summed E-state index contributed by atoms with van der Waals surface area (Å²) < 4.78 is 15.2. The van der Waals surface area contributed by atoms with E-state index in [9.17, 15) is 4.39 Å². The van der Waals surface area contributed by atoms with Gasteiger partial charge in [-0.15, -0.1) is 22.9 Å². The average molecular weight is 327 g/mol. The molecule has 0 spiro atoms. The molecule has 4 heteroatoms. The maximum atomic E-state index is 12.9. The van der Waals surface area contributed by atoms with Crippen LogP contribution in [-0.2, 0) is 5.88 Å². The van der Waals surface area contributed by atoms with Gasteiger partial charge in [-0.05, 0) is 46.4 Å². The number of alkyl halides is 1. The van der Waals surface area contributed by atoms with Gasteiger partial charge in [0.2, 0.25) is 0 Å². The van der Waals surface area contributed by atoms with Crippen molar-refractivity contribution in [2.24, 2.45) is 0 Å². The zero-order valence-electron chi connectivity index (χ0n) is 6.48. The first-order valence-corrected chi connectivity index (χ1v) is 6.07. The van der Waals surface area contributed by atoms with E-state index < -0.39 is 0 Å². The molecule has 0 aliphatic rings. The first kappa shape index (κ1) is 9.68. The van der Waals surface area contributed by atoms with Crippen LogP contribution >= 0.6 is 45.5 Å². The Morgan fingerprint density at radius 1 is 1.46 bits per heavy atom. The fraction of sp³-hybridized carbons (Fsp3) is 0.111. The lowest BCUT2D eigenvalue weighted by molar-refractivity contribution is 0.630. The van der Waals surface area contributed by atoms with Gasteiger partial charge < -0.3 is 0 Å². The maximum Gasteiger partial charge on any atom is 0.123 e. The topological polar surface area (TPSA) is 0 Å². The Morgan fingerprint density at radius 2 is 2.23 bits per heavy atom. The largest absolute Gasteiger partial charge is 0.207 e. The molecule has 0 atom stereocenters. The second-order valence-corrected chi connectivity index (χ2v) is 5.76. The zero-order valence-corrected chi connectivity index (χ0v) is 10.2. The lowest BCUT2D eigenvalue weighted by Gasteiger charge is -1.93. The minimum atomic E-state index is -0.201. The van der Waals surface area contributed by atoms with Crippen molar-refractivity contribution in [3.63, 3.8) is 0 Å². The van der Waals surface area contributed by atoms with E-state index in [0.29, 0.717) is 5.88 Å². The van der Waals surface area contributed by atoms with Gasteiger partial charge in [0.05, 0.1) is 2.88 Å². The molecule has 0 aliphatic heterocycles. The lowest BCUT2D eigenvalue weighted by atomic mass is 10.2. The van der Waals surface area contributed by atoms with Gasteiger partial charge in [0.1, 0.15) is 5.82 Å². The molecule has 1 heterocycles. The molecule has 0 saturated heterocycles. The highest BCUT2D eigenvalue weighted by Gasteiger charge is 2.09. The van der Waals surface area contributed by atoms with Crippen LogP contribution in [0.1, 0.15) is 5.56 Å². The Bertz CT molecular complexity index is 452. The van der Waals surface area contributed by atoms with Crippen molar-refractivity contribution in [2.75, 3.05) is 0 Å². The van der Waals surface area contributed by atoms with Crippen LogP contribution in [0.15, 0.2) is 18.2 Å². The molecule has 2 aromatic rings. The van der Waals surface area contributed by atoms with E-state index in [1.165, 1.54) is 6.07 Å². The molecule has 0 aliphatic carbocycles. The quantitative estimate of drug-likeness (QED) is 0.539. The van der Waals surface area contributed by atoms with Crippen molar-refractivity contribution in [1.29, 1.82) is 0 Å². The van der Waals surface area contributed by atoms with Crippen LogP contribution in [0.4, 0.5) is 4.39 Å². The number of halogens is 3. The molecule has 1 aromatic carbocycles. The van der Waals surface area contributed by atoms with E-state index >= 15 is 0 Å². The summed E-state index contributed by atoms with van der Waals surface area (Å²) in [5, 5.41) is 0.949. The third kappa shape index (κ3) is 1.69. The molecule has 0 unspecified atom stereocenters. The summed E-state index contributed by atoms with van der Waals surface area (Å²) in [4.78, 5) is 0. The van der Waals surface area contributed by atoms with Crippen LogP contribution in [0.2, 0.25) is 0 Å². The zero-order chi connectivity index (χ0) is 9.42. The van der Waals surface area contributed by atoms with Gasteiger partial charge in [-0.25, -0.2) is 4.39 Å². The molecule has 0 radical (unpaired) electrons. The highest BCUT2D eigenvalue weighted by atomic mass is 127. The van der Waals surface area contributed by atoms with Gasteiger partial charge in [0.15, 0.2) is 0 Å². The summed E-state index contributed by atoms with van der Waals surface area (Å²) in [6, 6.07) is 4.83. The highest BCUT2D eigenvalue weighted by Crippen LogP contribution is 2.33. The molecule has 0 N–H and O–H groups in total. The molecule has 0 amide bonds. The highest BCUT2D eigenvalue weighted by molar-refractivity contribution is 14.1. The number of benzene rings is 1. The summed E-state index contributed by atoms with van der Waals surface area (Å²) >= 11 is 9.67. The Morgan fingerprint density at radius 3 is 2.92 bits per heavy atom. The van der Waals surface area contributed by atoms with E-state index in [2.05, 4.69) is 22.6 Å². The molecule has 0 nitrogen and oxygen atoms in total.